The summed E-state index contributed by atoms with van der Waals surface area (Å²) in [5.41, 5.74) is 13.8. The number of aldehydes is 1. The molecule has 8 N–H and O–H groups in total. The number of anilines is 1. The van der Waals surface area contributed by atoms with E-state index in [9.17, 15) is 14.4 Å². The summed E-state index contributed by atoms with van der Waals surface area (Å²) in [6.07, 6.45) is 0.314. The summed E-state index contributed by atoms with van der Waals surface area (Å²) in [5, 5.41) is 14.1. The molecule has 0 radical (unpaired) electrons. The van der Waals surface area contributed by atoms with Gasteiger partial charge in [0.25, 0.3) is 5.91 Å². The summed E-state index contributed by atoms with van der Waals surface area (Å²) in [4.78, 5) is 34.7. The third-order valence-corrected chi connectivity index (χ3v) is 4.37. The van der Waals surface area contributed by atoms with E-state index in [1.165, 1.54) is 12.1 Å². The van der Waals surface area contributed by atoms with Gasteiger partial charge in [-0.25, -0.2) is 0 Å². The largest absolute Gasteiger partial charge is 0.327 e. The molecule has 0 aliphatic rings. The van der Waals surface area contributed by atoms with E-state index < -0.39 is 11.6 Å². The molecule has 0 fully saturated rings. The molecule has 0 aliphatic carbocycles. The number of nitrogens with two attached hydrogens (primary N) is 2. The van der Waals surface area contributed by atoms with E-state index in [0.29, 0.717) is 17.5 Å². The van der Waals surface area contributed by atoms with Crippen LogP contribution in [0.5, 0.6) is 0 Å². The smallest absolute Gasteiger partial charge is 0.253 e. The second-order valence-electron chi connectivity index (χ2n) is 6.72. The highest BCUT2D eigenvalue weighted by Crippen LogP contribution is 2.15. The summed E-state index contributed by atoms with van der Waals surface area (Å²) < 4.78 is 0. The van der Waals surface area contributed by atoms with Crippen LogP contribution < -0.4 is 27.6 Å². The van der Waals surface area contributed by atoms with Gasteiger partial charge in [0.2, 0.25) is 5.91 Å². The minimum absolute atomic E-state index is 0.0880. The van der Waals surface area contributed by atoms with Crippen LogP contribution >= 0.6 is 0 Å². The number of benzene rings is 2. The fourth-order valence-electron chi connectivity index (χ4n) is 2.50. The number of carbonyl (C=O) groups is 3. The number of carbonyl (C=O) groups excluding carboxylic acids is 3. The number of nitrogens with one attached hydrogen (secondary N) is 3. The van der Waals surface area contributed by atoms with E-state index in [4.69, 9.17) is 16.7 Å². The number of rotatable bonds is 7. The lowest BCUT2D eigenvalue weighted by atomic mass is 10.1. The molecule has 2 rings (SSSR count). The topological polar surface area (TPSA) is 160 Å². The number of hydrogen-bond acceptors (Lipinski definition) is 7. The van der Waals surface area contributed by atoms with Crippen molar-refractivity contribution in [3.63, 3.8) is 0 Å². The molecule has 0 unspecified atom stereocenters. The lowest BCUT2D eigenvalue weighted by molar-refractivity contribution is -0.118. The Morgan fingerprint density at radius 1 is 1.06 bits per heavy atom. The van der Waals surface area contributed by atoms with Gasteiger partial charge in [0.1, 0.15) is 0 Å². The summed E-state index contributed by atoms with van der Waals surface area (Å²) >= 11 is 0. The number of hydrogen-bond donors (Lipinski definition) is 6. The minimum atomic E-state index is -1.75. The number of amides is 2. The fourth-order valence-corrected chi connectivity index (χ4v) is 2.50. The molecular weight excluding hydrogens is 410 g/mol. The highest BCUT2D eigenvalue weighted by atomic mass is 16.5. The summed E-state index contributed by atoms with van der Waals surface area (Å²) in [6.45, 7) is 1.44. The van der Waals surface area contributed by atoms with Crippen LogP contribution in [0.3, 0.4) is 0 Å². The molecule has 2 aromatic rings. The molecule has 2 aromatic carbocycles. The normalized spacial score (nSPS) is 11.6. The first-order valence-electron chi connectivity index (χ1n) is 9.49. The predicted molar refractivity (Wildman–Crippen MR) is 119 cm³/mol. The summed E-state index contributed by atoms with van der Waals surface area (Å²) in [7, 11) is 0. The van der Waals surface area contributed by atoms with Crippen LogP contribution in [-0.2, 0) is 9.59 Å². The Morgan fingerprint density at radius 3 is 2.22 bits per heavy atom. The molecule has 0 aromatic heterocycles. The van der Waals surface area contributed by atoms with Crippen LogP contribution in [0.15, 0.2) is 42.5 Å². The number of hydroxylamine groups is 1. The first kappa shape index (κ1) is 24.3. The van der Waals surface area contributed by atoms with Gasteiger partial charge in [0.05, 0.1) is 6.54 Å². The van der Waals surface area contributed by atoms with Crippen molar-refractivity contribution < 1.29 is 19.6 Å². The third-order valence-electron chi connectivity index (χ3n) is 4.37. The van der Waals surface area contributed by atoms with Gasteiger partial charge in [-0.15, -0.1) is 0 Å². The Hall–Kier alpha value is -3.99. The van der Waals surface area contributed by atoms with Crippen LogP contribution in [0.25, 0.3) is 0 Å². The zero-order valence-corrected chi connectivity index (χ0v) is 17.4. The van der Waals surface area contributed by atoms with Gasteiger partial charge in [-0.05, 0) is 66.8 Å². The molecular formula is C23H23N5O4. The van der Waals surface area contributed by atoms with E-state index in [1.54, 1.807) is 29.7 Å². The standard InChI is InChI=1S/C23H23N5O4/c1-16-12-18(8-11-20(16)26-21(30)13-24)5-3-2-4-17-6-9-19(10-7-17)22(31)27-23(14-25,15-29)28-32/h6-12,15,28,32H,13-14,24-25H2,1H3,(H,26,30)(H,27,31)/t23-/m0/s1. The monoisotopic (exact) mass is 433 g/mol. The maximum Gasteiger partial charge on any atom is 0.253 e. The Balaban J connectivity index is 2.05. The molecule has 1 atom stereocenters. The first-order valence-corrected chi connectivity index (χ1v) is 9.49. The van der Waals surface area contributed by atoms with Gasteiger partial charge < -0.3 is 27.3 Å². The summed E-state index contributed by atoms with van der Waals surface area (Å²) in [6, 6.07) is 11.6. The second-order valence-corrected chi connectivity index (χ2v) is 6.72. The van der Waals surface area contributed by atoms with Crippen molar-refractivity contribution in [2.24, 2.45) is 11.5 Å². The van der Waals surface area contributed by atoms with Gasteiger partial charge in [0.15, 0.2) is 11.9 Å². The Morgan fingerprint density at radius 2 is 1.69 bits per heavy atom. The fraction of sp³-hybridized carbons (Fsp3) is 0.174. The van der Waals surface area contributed by atoms with Gasteiger partial charge in [-0.2, -0.15) is 5.48 Å². The molecule has 9 nitrogen and oxygen atoms in total. The minimum Gasteiger partial charge on any atom is -0.327 e. The molecule has 0 saturated carbocycles. The average molecular weight is 433 g/mol. The maximum absolute atomic E-state index is 12.2. The van der Waals surface area contributed by atoms with E-state index in [1.807, 2.05) is 13.0 Å². The summed E-state index contributed by atoms with van der Waals surface area (Å²) in [5.74, 6) is 10.4. The highest BCUT2D eigenvalue weighted by Gasteiger charge is 2.29. The average Bonchev–Trinajstić information content (AvgIpc) is 2.82. The molecule has 0 bridgehead atoms. The van der Waals surface area contributed by atoms with Crippen molar-refractivity contribution in [1.82, 2.24) is 10.8 Å². The van der Waals surface area contributed by atoms with Crippen LogP contribution in [0.4, 0.5) is 5.69 Å². The molecule has 0 saturated heterocycles. The molecule has 0 aliphatic heterocycles. The molecule has 0 spiro atoms. The van der Waals surface area contributed by atoms with Crippen LogP contribution in [0.1, 0.15) is 27.0 Å². The van der Waals surface area contributed by atoms with E-state index in [0.717, 1.165) is 11.1 Å². The quantitative estimate of drug-likeness (QED) is 0.153. The van der Waals surface area contributed by atoms with Crippen molar-refractivity contribution in [2.45, 2.75) is 12.6 Å². The van der Waals surface area contributed by atoms with Crippen molar-refractivity contribution in [1.29, 1.82) is 0 Å². The second kappa shape index (κ2) is 11.4. The highest BCUT2D eigenvalue weighted by molar-refractivity contribution is 5.96. The van der Waals surface area contributed by atoms with Crippen molar-refractivity contribution in [3.8, 4) is 23.7 Å². The van der Waals surface area contributed by atoms with Crippen LogP contribution in [0.2, 0.25) is 0 Å². The van der Waals surface area contributed by atoms with E-state index in [2.05, 4.69) is 34.3 Å². The van der Waals surface area contributed by atoms with Gasteiger partial charge in [-0.1, -0.05) is 11.8 Å². The zero-order valence-electron chi connectivity index (χ0n) is 17.4. The SMILES string of the molecule is Cc1cc(C#CC#Cc2ccc(C(=O)N[C@@](C=O)(CN)NO)cc2)ccc1NC(=O)CN. The lowest BCUT2D eigenvalue weighted by Crippen LogP contribution is -2.63. The molecule has 0 heterocycles. The van der Waals surface area contributed by atoms with E-state index >= 15 is 0 Å². The van der Waals surface area contributed by atoms with Gasteiger partial charge in [-0.3, -0.25) is 14.4 Å². The number of aryl methyl sites for hydroxylation is 1. The van der Waals surface area contributed by atoms with Crippen molar-refractivity contribution >= 4 is 23.8 Å². The molecule has 9 heteroatoms. The third kappa shape index (κ3) is 6.51. The lowest BCUT2D eigenvalue weighted by Gasteiger charge is -2.25. The molecule has 32 heavy (non-hydrogen) atoms. The van der Waals surface area contributed by atoms with Gasteiger partial charge in [0, 0.05) is 28.9 Å². The first-order chi connectivity index (χ1) is 15.4. The van der Waals surface area contributed by atoms with Crippen molar-refractivity contribution in [2.75, 3.05) is 18.4 Å². The Labute approximate surface area is 185 Å². The maximum atomic E-state index is 12.2. The Bertz CT molecular complexity index is 1120. The molecule has 164 valence electrons. The Kier molecular flexibility index (Phi) is 8.66. The molecule has 2 amide bonds. The van der Waals surface area contributed by atoms with Crippen molar-refractivity contribution in [3.05, 3.63) is 64.7 Å². The van der Waals surface area contributed by atoms with Crippen LogP contribution in [0, 0.1) is 30.6 Å². The predicted octanol–water partition coefficient (Wildman–Crippen LogP) is -0.142. The van der Waals surface area contributed by atoms with Gasteiger partial charge >= 0.3 is 0 Å². The zero-order chi connectivity index (χ0) is 23.6. The van der Waals surface area contributed by atoms with E-state index in [-0.39, 0.29) is 24.6 Å². The van der Waals surface area contributed by atoms with Crippen LogP contribution in [-0.4, -0.2) is 42.1 Å².